The van der Waals surface area contributed by atoms with Crippen LogP contribution in [0.15, 0.2) is 48.6 Å². The fourth-order valence-electron chi connectivity index (χ4n) is 8.67. The van der Waals surface area contributed by atoms with Gasteiger partial charge in [0.15, 0.2) is 0 Å². The summed E-state index contributed by atoms with van der Waals surface area (Å²) in [5, 5.41) is 0. The van der Waals surface area contributed by atoms with E-state index in [1.807, 2.05) is 0 Å². The summed E-state index contributed by atoms with van der Waals surface area (Å²) in [5.41, 5.74) is 5.64. The zero-order valence-electron chi connectivity index (χ0n) is 40.5. The van der Waals surface area contributed by atoms with Crippen molar-refractivity contribution in [1.29, 1.82) is 0 Å². The number of Topliss-reactive ketones (excluding diaryl/α,β-unsaturated/α-hetero) is 1. The number of rotatable bonds is 47. The van der Waals surface area contributed by atoms with Crippen LogP contribution in [0.4, 0.5) is 0 Å². The van der Waals surface area contributed by atoms with Crippen LogP contribution < -0.4 is 0 Å². The van der Waals surface area contributed by atoms with Gasteiger partial charge < -0.3 is 4.74 Å². The largest absolute Gasteiger partial charge is 0.381 e. The molecule has 0 aromatic carbocycles. The van der Waals surface area contributed by atoms with E-state index in [4.69, 9.17) is 4.74 Å². The lowest BCUT2D eigenvalue weighted by Gasteiger charge is -2.15. The summed E-state index contributed by atoms with van der Waals surface area (Å²) in [4.78, 5) is 12.2. The molecule has 0 aliphatic carbocycles. The number of unbranched alkanes of at least 4 members (excludes halogenated alkanes) is 21. The van der Waals surface area contributed by atoms with E-state index in [2.05, 4.69) is 60.9 Å². The molecular formula is C56H104O2. The Hall–Kier alpha value is -1.41. The van der Waals surface area contributed by atoms with Gasteiger partial charge in [-0.2, -0.15) is 0 Å². The molecule has 0 radical (unpaired) electrons. The molecule has 0 saturated heterocycles. The fraction of sp³-hybridized carbons (Fsp3) is 0.839. The molecule has 0 heterocycles. The third kappa shape index (κ3) is 37.6. The molecule has 58 heavy (non-hydrogen) atoms. The van der Waals surface area contributed by atoms with Crippen LogP contribution in [0, 0.1) is 17.8 Å². The lowest BCUT2D eigenvalue weighted by Crippen LogP contribution is -2.05. The summed E-state index contributed by atoms with van der Waals surface area (Å²) in [6.07, 6.45) is 46.6. The van der Waals surface area contributed by atoms with Crippen LogP contribution in [0.3, 0.4) is 0 Å². The SMILES string of the molecule is C=C(CCCCCCCCC(=O)CCCCCC(CC)C(=C)C)CCCCOCCC(C)C(=C)CCCCCCCCCCCCCCCCC(=C)CC(CC)CC. The van der Waals surface area contributed by atoms with E-state index in [1.54, 1.807) is 0 Å². The number of allylic oxidation sites excluding steroid dienone is 4. The summed E-state index contributed by atoms with van der Waals surface area (Å²) >= 11 is 0. The molecule has 0 fully saturated rings. The van der Waals surface area contributed by atoms with Crippen LogP contribution in [0.2, 0.25) is 0 Å². The normalized spacial score (nSPS) is 12.6. The molecule has 0 aromatic rings. The minimum Gasteiger partial charge on any atom is -0.381 e. The molecule has 2 nitrogen and oxygen atoms in total. The Balaban J connectivity index is 3.46. The van der Waals surface area contributed by atoms with Crippen molar-refractivity contribution >= 4 is 5.78 Å². The molecule has 0 amide bonds. The van der Waals surface area contributed by atoms with Gasteiger partial charge in [0.1, 0.15) is 5.78 Å². The Morgan fingerprint density at radius 2 is 0.845 bits per heavy atom. The van der Waals surface area contributed by atoms with E-state index in [0.29, 0.717) is 17.6 Å². The number of carbonyl (C=O) groups excluding carboxylic acids is 1. The van der Waals surface area contributed by atoms with Crippen molar-refractivity contribution in [2.75, 3.05) is 13.2 Å². The van der Waals surface area contributed by atoms with Crippen LogP contribution in [-0.2, 0) is 9.53 Å². The molecular weight excluding hydrogens is 705 g/mol. The Morgan fingerprint density at radius 3 is 1.29 bits per heavy atom. The molecule has 0 N–H and O–H groups in total. The fourth-order valence-corrected chi connectivity index (χ4v) is 8.67. The highest BCUT2D eigenvalue weighted by molar-refractivity contribution is 5.78. The van der Waals surface area contributed by atoms with Gasteiger partial charge in [0.2, 0.25) is 0 Å². The maximum Gasteiger partial charge on any atom is 0.132 e. The van der Waals surface area contributed by atoms with Gasteiger partial charge in [-0.25, -0.2) is 0 Å². The van der Waals surface area contributed by atoms with Gasteiger partial charge in [-0.1, -0.05) is 205 Å². The number of hydrogen-bond acceptors (Lipinski definition) is 2. The summed E-state index contributed by atoms with van der Waals surface area (Å²) in [6, 6.07) is 0. The second-order valence-corrected chi connectivity index (χ2v) is 19.0. The summed E-state index contributed by atoms with van der Waals surface area (Å²) in [7, 11) is 0. The van der Waals surface area contributed by atoms with Crippen LogP contribution >= 0.6 is 0 Å². The molecule has 0 spiro atoms. The van der Waals surface area contributed by atoms with E-state index < -0.39 is 0 Å². The predicted octanol–water partition coefficient (Wildman–Crippen LogP) is 19.2. The average Bonchev–Trinajstić information content (AvgIpc) is 3.21. The molecule has 340 valence electrons. The van der Waals surface area contributed by atoms with Gasteiger partial charge in [0.25, 0.3) is 0 Å². The molecule has 0 aliphatic rings. The quantitative estimate of drug-likeness (QED) is 0.0452. The maximum atomic E-state index is 12.2. The molecule has 2 unspecified atom stereocenters. The highest BCUT2D eigenvalue weighted by atomic mass is 16.5. The zero-order valence-corrected chi connectivity index (χ0v) is 40.5. The zero-order chi connectivity index (χ0) is 42.9. The molecule has 2 atom stereocenters. The number of hydrogen-bond donors (Lipinski definition) is 0. The summed E-state index contributed by atoms with van der Waals surface area (Å²) in [6.45, 7) is 30.3. The minimum absolute atomic E-state index is 0.476. The van der Waals surface area contributed by atoms with Crippen molar-refractivity contribution in [3.8, 4) is 0 Å². The first-order valence-corrected chi connectivity index (χ1v) is 25.9. The van der Waals surface area contributed by atoms with Crippen LogP contribution in [0.1, 0.15) is 272 Å². The van der Waals surface area contributed by atoms with Gasteiger partial charge in [0, 0.05) is 26.1 Å². The lowest BCUT2D eigenvalue weighted by molar-refractivity contribution is -0.119. The minimum atomic E-state index is 0.476. The van der Waals surface area contributed by atoms with Gasteiger partial charge in [-0.05, 0) is 121 Å². The molecule has 0 saturated carbocycles. The smallest absolute Gasteiger partial charge is 0.132 e. The standard InChI is InChI=1S/C56H104O2/c1-10-54(11-2)48-51(7)40-31-26-21-19-17-15-13-14-16-18-20-22-27-32-41-52(8)53(9)45-47-58-46-37-36-39-50(6)38-30-25-23-24-28-34-43-56(57)44-35-29-33-42-55(12-3)49(4)5/h53-55H,4,6-8,10-48H2,1-3,5,9H3. The lowest BCUT2D eigenvalue weighted by atomic mass is 9.92. The van der Waals surface area contributed by atoms with Crippen molar-refractivity contribution in [1.82, 2.24) is 0 Å². The number of ketones is 1. The third-order valence-electron chi connectivity index (χ3n) is 13.4. The molecule has 0 aliphatic heterocycles. The highest BCUT2D eigenvalue weighted by Gasteiger charge is 2.09. The maximum absolute atomic E-state index is 12.2. The highest BCUT2D eigenvalue weighted by Crippen LogP contribution is 2.24. The molecule has 0 bridgehead atoms. The molecule has 2 heteroatoms. The second-order valence-electron chi connectivity index (χ2n) is 19.0. The van der Waals surface area contributed by atoms with Gasteiger partial charge in [0.05, 0.1) is 0 Å². The van der Waals surface area contributed by atoms with Crippen molar-refractivity contribution in [2.24, 2.45) is 17.8 Å². The van der Waals surface area contributed by atoms with Crippen LogP contribution in [0.5, 0.6) is 0 Å². The van der Waals surface area contributed by atoms with Crippen molar-refractivity contribution in [3.05, 3.63) is 48.6 Å². The van der Waals surface area contributed by atoms with Crippen molar-refractivity contribution < 1.29 is 9.53 Å². The Labute approximate surface area is 365 Å². The van der Waals surface area contributed by atoms with Gasteiger partial charge in [-0.15, -0.1) is 0 Å². The molecule has 0 rings (SSSR count). The van der Waals surface area contributed by atoms with Gasteiger partial charge in [-0.3, -0.25) is 4.79 Å². The first-order chi connectivity index (χ1) is 28.1. The van der Waals surface area contributed by atoms with E-state index in [9.17, 15) is 4.79 Å². The Bertz CT molecular complexity index is 985. The third-order valence-corrected chi connectivity index (χ3v) is 13.4. The first-order valence-electron chi connectivity index (χ1n) is 25.9. The summed E-state index contributed by atoms with van der Waals surface area (Å²) < 4.78 is 6.00. The average molecular weight is 809 g/mol. The van der Waals surface area contributed by atoms with Crippen molar-refractivity contribution in [2.45, 2.75) is 272 Å². The number of ether oxygens (including phenoxy) is 1. The van der Waals surface area contributed by atoms with Crippen LogP contribution in [-0.4, -0.2) is 19.0 Å². The monoisotopic (exact) mass is 809 g/mol. The summed E-state index contributed by atoms with van der Waals surface area (Å²) in [5.74, 6) is 2.57. The first kappa shape index (κ1) is 56.6. The van der Waals surface area contributed by atoms with Crippen molar-refractivity contribution in [3.63, 3.8) is 0 Å². The van der Waals surface area contributed by atoms with Crippen LogP contribution in [0.25, 0.3) is 0 Å². The Morgan fingerprint density at radius 1 is 0.448 bits per heavy atom. The van der Waals surface area contributed by atoms with E-state index in [0.717, 1.165) is 64.1 Å². The number of carbonyl (C=O) groups is 1. The van der Waals surface area contributed by atoms with E-state index in [-0.39, 0.29) is 0 Å². The van der Waals surface area contributed by atoms with Gasteiger partial charge >= 0.3 is 0 Å². The topological polar surface area (TPSA) is 26.3 Å². The second kappa shape index (κ2) is 42.3. The molecule has 0 aromatic heterocycles. The predicted molar refractivity (Wildman–Crippen MR) is 262 cm³/mol. The Kier molecular flexibility index (Phi) is 41.3. The van der Waals surface area contributed by atoms with E-state index in [1.165, 1.54) is 215 Å². The van der Waals surface area contributed by atoms with E-state index >= 15 is 0 Å².